The number of carbonyl (C=O) groups is 5. The molecule has 0 bridgehead atoms. The maximum absolute atomic E-state index is 12.8. The molecule has 2 aliphatic rings. The third-order valence-corrected chi connectivity index (χ3v) is 11.5. The quantitative estimate of drug-likeness (QED) is 0.119. The van der Waals surface area contributed by atoms with Crippen molar-refractivity contribution in [1.82, 2.24) is 9.80 Å². The van der Waals surface area contributed by atoms with Crippen LogP contribution in [0.4, 0.5) is 0 Å². The van der Waals surface area contributed by atoms with Crippen LogP contribution < -0.4 is 4.74 Å². The van der Waals surface area contributed by atoms with Crippen molar-refractivity contribution in [3.63, 3.8) is 0 Å². The topological polar surface area (TPSA) is 213 Å². The number of benzene rings is 3. The van der Waals surface area contributed by atoms with Gasteiger partial charge in [-0.05, 0) is 83.0 Å². The standard InChI is InChI=1S/C25H40N2O2.C20H18O8.H2O/c1-4-26(20(2)18-21-10-12-24(29-3)13-11-21)19-22-14-16-27(17-15-22)25(28)23-8-6-5-7-9-23;1-11-3-7-13(8-4-11)15(21)19(27,17(23)24)20(28,18(25)26)16(22)14-9-5-12(2)6-10-14;/h10-13,20,22-23H,4-9,14-19H2,1-3H3;3-10,27-28H,1-2H3,(H,23,24)(H,25,26);1H2. The number of ether oxygens (including phenoxy) is 1. The van der Waals surface area contributed by atoms with Gasteiger partial charge in [-0.3, -0.25) is 14.4 Å². The first kappa shape index (κ1) is 47.4. The minimum atomic E-state index is -3.96. The molecule has 1 saturated carbocycles. The van der Waals surface area contributed by atoms with Gasteiger partial charge < -0.3 is 40.4 Å². The van der Waals surface area contributed by atoms with Crippen molar-refractivity contribution in [2.24, 2.45) is 11.8 Å². The fourth-order valence-electron chi connectivity index (χ4n) is 7.79. The number of carboxylic acids is 2. The molecule has 13 nitrogen and oxygen atoms in total. The fourth-order valence-corrected chi connectivity index (χ4v) is 7.79. The second-order valence-electron chi connectivity index (χ2n) is 15.5. The molecule has 0 spiro atoms. The zero-order valence-electron chi connectivity index (χ0n) is 34.3. The number of ketones is 2. The summed E-state index contributed by atoms with van der Waals surface area (Å²) >= 11 is 0. The zero-order valence-corrected chi connectivity index (χ0v) is 34.3. The average molecular weight is 805 g/mol. The van der Waals surface area contributed by atoms with Crippen molar-refractivity contribution in [1.29, 1.82) is 0 Å². The zero-order chi connectivity index (χ0) is 41.9. The molecule has 5 rings (SSSR count). The number of rotatable bonds is 15. The number of likely N-dealkylation sites (tertiary alicyclic amines) is 1. The summed E-state index contributed by atoms with van der Waals surface area (Å²) in [6.07, 6.45) is 9.41. The maximum atomic E-state index is 12.8. The average Bonchev–Trinajstić information content (AvgIpc) is 3.22. The van der Waals surface area contributed by atoms with E-state index in [1.165, 1.54) is 49.1 Å². The lowest BCUT2D eigenvalue weighted by atomic mass is 9.73. The molecule has 1 aliphatic carbocycles. The number of amides is 1. The number of carboxylic acid groups (broad SMARTS) is 2. The highest BCUT2D eigenvalue weighted by atomic mass is 16.5. The summed E-state index contributed by atoms with van der Waals surface area (Å²) in [5.74, 6) is -5.62. The summed E-state index contributed by atoms with van der Waals surface area (Å²) in [6, 6.07) is 19.3. The number of aliphatic hydroxyl groups is 2. The summed E-state index contributed by atoms with van der Waals surface area (Å²) in [5.41, 5.74) is -5.91. The lowest BCUT2D eigenvalue weighted by Gasteiger charge is -2.38. The highest BCUT2D eigenvalue weighted by Gasteiger charge is 2.69. The number of carbonyl (C=O) groups excluding carboxylic acids is 3. The predicted octanol–water partition coefficient (Wildman–Crippen LogP) is 4.94. The first-order chi connectivity index (χ1) is 27.1. The number of likely N-dealkylation sites (N-methyl/N-ethyl adjacent to an activating group) is 1. The van der Waals surface area contributed by atoms with E-state index < -0.39 is 34.7 Å². The molecular weight excluding hydrogens is 744 g/mol. The lowest BCUT2D eigenvalue weighted by Crippen LogP contribution is -2.71. The van der Waals surface area contributed by atoms with Crippen LogP contribution in [-0.4, -0.2) is 116 Å². The van der Waals surface area contributed by atoms with Gasteiger partial charge in [0.15, 0.2) is 0 Å². The molecule has 13 heteroatoms. The number of methoxy groups -OCH3 is 1. The predicted molar refractivity (Wildman–Crippen MR) is 219 cm³/mol. The number of nitrogens with zero attached hydrogens (tertiary/aromatic N) is 2. The second kappa shape index (κ2) is 21.2. The van der Waals surface area contributed by atoms with Crippen LogP contribution in [0.3, 0.4) is 0 Å². The van der Waals surface area contributed by atoms with Gasteiger partial charge in [0, 0.05) is 42.7 Å². The highest BCUT2D eigenvalue weighted by Crippen LogP contribution is 2.32. The van der Waals surface area contributed by atoms with E-state index in [0.717, 1.165) is 88.3 Å². The van der Waals surface area contributed by atoms with Crippen molar-refractivity contribution in [3.8, 4) is 5.75 Å². The number of piperidine rings is 1. The Hall–Kier alpha value is -4.95. The summed E-state index contributed by atoms with van der Waals surface area (Å²) in [4.78, 5) is 66.7. The Morgan fingerprint density at radius 2 is 1.19 bits per heavy atom. The van der Waals surface area contributed by atoms with Crippen molar-refractivity contribution in [2.75, 3.05) is 33.3 Å². The molecule has 0 radical (unpaired) electrons. The minimum Gasteiger partial charge on any atom is -0.497 e. The number of aliphatic carboxylic acids is 2. The fraction of sp³-hybridized carbons (Fsp3) is 0.489. The molecule has 1 saturated heterocycles. The van der Waals surface area contributed by atoms with Crippen LogP contribution in [0.2, 0.25) is 0 Å². The normalized spacial score (nSPS) is 17.3. The molecule has 0 aromatic heterocycles. The molecular formula is C45H60N2O11. The van der Waals surface area contributed by atoms with Gasteiger partial charge in [0.2, 0.25) is 17.5 Å². The highest BCUT2D eigenvalue weighted by molar-refractivity contribution is 6.28. The molecule has 3 unspecified atom stereocenters. The van der Waals surface area contributed by atoms with Crippen LogP contribution in [0, 0.1) is 25.7 Å². The second-order valence-corrected chi connectivity index (χ2v) is 15.5. The van der Waals surface area contributed by atoms with E-state index >= 15 is 0 Å². The van der Waals surface area contributed by atoms with E-state index in [1.807, 2.05) is 0 Å². The van der Waals surface area contributed by atoms with E-state index in [1.54, 1.807) is 21.0 Å². The van der Waals surface area contributed by atoms with Gasteiger partial charge in [0.05, 0.1) is 7.11 Å². The summed E-state index contributed by atoms with van der Waals surface area (Å²) in [5, 5.41) is 40.3. The molecule has 1 aliphatic heterocycles. The molecule has 316 valence electrons. The van der Waals surface area contributed by atoms with Crippen LogP contribution in [0.25, 0.3) is 0 Å². The number of hydrogen-bond donors (Lipinski definition) is 4. The Morgan fingerprint density at radius 3 is 1.59 bits per heavy atom. The Balaban J connectivity index is 0.000000305. The Bertz CT molecular complexity index is 1750. The van der Waals surface area contributed by atoms with E-state index in [2.05, 4.69) is 47.9 Å². The minimum absolute atomic E-state index is 0. The van der Waals surface area contributed by atoms with Crippen LogP contribution in [0.15, 0.2) is 72.8 Å². The lowest BCUT2D eigenvalue weighted by molar-refractivity contribution is -0.187. The first-order valence-corrected chi connectivity index (χ1v) is 19.9. The Labute approximate surface area is 340 Å². The largest absolute Gasteiger partial charge is 0.497 e. The van der Waals surface area contributed by atoms with E-state index in [9.17, 15) is 44.4 Å². The van der Waals surface area contributed by atoms with Gasteiger partial charge in [-0.2, -0.15) is 0 Å². The van der Waals surface area contributed by atoms with E-state index in [4.69, 9.17) is 4.74 Å². The van der Waals surface area contributed by atoms with E-state index in [0.29, 0.717) is 34.9 Å². The number of aryl methyl sites for hydroxylation is 2. The molecule has 1 amide bonds. The molecule has 3 aromatic rings. The maximum Gasteiger partial charge on any atom is 0.348 e. The smallest absolute Gasteiger partial charge is 0.348 e. The summed E-state index contributed by atoms with van der Waals surface area (Å²) in [6.45, 7) is 12.1. The van der Waals surface area contributed by atoms with Gasteiger partial charge in [0.1, 0.15) is 5.75 Å². The van der Waals surface area contributed by atoms with Crippen LogP contribution >= 0.6 is 0 Å². The SMILES string of the molecule is CCN(CC1CCN(C(=O)C2CCCCC2)CC1)C(C)Cc1ccc(OC)cc1.Cc1ccc(C(=O)C(O)(C(=O)O)C(O)(C(=O)O)C(=O)c2ccc(C)cc2)cc1.O. The van der Waals surface area contributed by atoms with Crippen molar-refractivity contribution in [3.05, 3.63) is 101 Å². The molecule has 1 heterocycles. The monoisotopic (exact) mass is 804 g/mol. The van der Waals surface area contributed by atoms with Crippen LogP contribution in [0.5, 0.6) is 5.75 Å². The van der Waals surface area contributed by atoms with Crippen LogP contribution in [-0.2, 0) is 20.8 Å². The van der Waals surface area contributed by atoms with Crippen LogP contribution in [0.1, 0.15) is 96.2 Å². The van der Waals surface area contributed by atoms with Gasteiger partial charge in [-0.15, -0.1) is 0 Å². The Morgan fingerprint density at radius 1 is 0.741 bits per heavy atom. The van der Waals surface area contributed by atoms with Gasteiger partial charge in [-0.25, -0.2) is 9.59 Å². The molecule has 58 heavy (non-hydrogen) atoms. The van der Waals surface area contributed by atoms with Gasteiger partial charge in [0.25, 0.3) is 11.2 Å². The molecule has 2 fully saturated rings. The molecule has 3 atom stereocenters. The van der Waals surface area contributed by atoms with Crippen molar-refractivity contribution in [2.45, 2.75) is 96.3 Å². The summed E-state index contributed by atoms with van der Waals surface area (Å²) < 4.78 is 5.27. The van der Waals surface area contributed by atoms with Gasteiger partial charge >= 0.3 is 11.9 Å². The summed E-state index contributed by atoms with van der Waals surface area (Å²) in [7, 11) is 1.71. The van der Waals surface area contributed by atoms with E-state index in [-0.39, 0.29) is 16.6 Å². The third-order valence-electron chi connectivity index (χ3n) is 11.5. The van der Waals surface area contributed by atoms with Gasteiger partial charge in [-0.1, -0.05) is 98.0 Å². The third kappa shape index (κ3) is 11.0. The number of hydrogen-bond acceptors (Lipinski definition) is 9. The molecule has 6 N–H and O–H groups in total. The Kier molecular flexibility index (Phi) is 17.3. The van der Waals surface area contributed by atoms with Crippen molar-refractivity contribution < 1.29 is 54.6 Å². The number of Topliss-reactive ketones (excluding diaryl/α,β-unsaturated/α-hetero) is 2. The molecule has 3 aromatic carbocycles. The first-order valence-electron chi connectivity index (χ1n) is 19.9. The van der Waals surface area contributed by atoms with Crippen molar-refractivity contribution >= 4 is 29.4 Å².